The summed E-state index contributed by atoms with van der Waals surface area (Å²) in [6, 6.07) is 0.775. The van der Waals surface area contributed by atoms with Crippen molar-refractivity contribution in [1.82, 2.24) is 9.80 Å². The Morgan fingerprint density at radius 3 is 2.59 bits per heavy atom. The molecule has 0 bridgehead atoms. The Hall–Kier alpha value is -0.120. The van der Waals surface area contributed by atoms with Gasteiger partial charge in [0.05, 0.1) is 5.60 Å². The maximum atomic E-state index is 10.2. The third kappa shape index (κ3) is 3.01. The second-order valence-corrected chi connectivity index (χ2v) is 6.39. The predicted octanol–water partition coefficient (Wildman–Crippen LogP) is 1.56. The van der Waals surface area contributed by atoms with Gasteiger partial charge in [0.2, 0.25) is 0 Å². The summed E-state index contributed by atoms with van der Waals surface area (Å²) in [6.45, 7) is 8.41. The fraction of sp³-hybridized carbons (Fsp3) is 1.00. The van der Waals surface area contributed by atoms with E-state index < -0.39 is 5.60 Å². The minimum absolute atomic E-state index is 0.385. The predicted molar refractivity (Wildman–Crippen MR) is 71.1 cm³/mol. The van der Waals surface area contributed by atoms with E-state index in [1.54, 1.807) is 0 Å². The van der Waals surface area contributed by atoms with Crippen molar-refractivity contribution < 1.29 is 5.11 Å². The van der Waals surface area contributed by atoms with E-state index in [1.165, 1.54) is 32.2 Å². The molecule has 0 aromatic carbocycles. The van der Waals surface area contributed by atoms with Crippen molar-refractivity contribution in [1.29, 1.82) is 0 Å². The van der Waals surface area contributed by atoms with Crippen molar-refractivity contribution in [3.05, 3.63) is 0 Å². The third-order valence-corrected chi connectivity index (χ3v) is 4.77. The zero-order valence-corrected chi connectivity index (χ0v) is 11.7. The lowest BCUT2D eigenvalue weighted by atomic mass is 9.83. The van der Waals surface area contributed by atoms with Gasteiger partial charge in [-0.2, -0.15) is 0 Å². The molecule has 3 heteroatoms. The van der Waals surface area contributed by atoms with Crippen LogP contribution >= 0.6 is 0 Å². The highest BCUT2D eigenvalue weighted by Crippen LogP contribution is 2.29. The second kappa shape index (κ2) is 5.25. The molecule has 0 aromatic heterocycles. The molecule has 1 N–H and O–H groups in total. The summed E-state index contributed by atoms with van der Waals surface area (Å²) in [5, 5.41) is 10.2. The molecule has 2 rings (SSSR count). The van der Waals surface area contributed by atoms with E-state index in [2.05, 4.69) is 30.7 Å². The Morgan fingerprint density at radius 2 is 2.00 bits per heavy atom. The van der Waals surface area contributed by atoms with E-state index in [1.807, 2.05) is 0 Å². The lowest BCUT2D eigenvalue weighted by Crippen LogP contribution is -2.64. The first-order chi connectivity index (χ1) is 8.01. The summed E-state index contributed by atoms with van der Waals surface area (Å²) in [4.78, 5) is 4.92. The first-order valence-electron chi connectivity index (χ1n) is 7.16. The number of aliphatic hydroxyl groups is 1. The maximum Gasteiger partial charge on any atom is 0.0922 e. The molecule has 0 radical (unpaired) electrons. The largest absolute Gasteiger partial charge is 0.387 e. The van der Waals surface area contributed by atoms with Crippen LogP contribution in [0.5, 0.6) is 0 Å². The molecule has 0 aliphatic carbocycles. The molecule has 3 nitrogen and oxygen atoms in total. The van der Waals surface area contributed by atoms with Crippen molar-refractivity contribution in [3.63, 3.8) is 0 Å². The number of likely N-dealkylation sites (tertiary alicyclic amines) is 2. The highest BCUT2D eigenvalue weighted by molar-refractivity contribution is 4.97. The van der Waals surface area contributed by atoms with Crippen LogP contribution in [0.1, 0.15) is 39.5 Å². The monoisotopic (exact) mass is 240 g/mol. The molecule has 2 saturated heterocycles. The molecule has 0 spiro atoms. The number of hydrogen-bond donors (Lipinski definition) is 1. The van der Waals surface area contributed by atoms with Gasteiger partial charge in [0.15, 0.2) is 0 Å². The maximum absolute atomic E-state index is 10.2. The first kappa shape index (κ1) is 13.3. The van der Waals surface area contributed by atoms with E-state index in [9.17, 15) is 5.11 Å². The Kier molecular flexibility index (Phi) is 4.11. The van der Waals surface area contributed by atoms with Crippen LogP contribution in [0.15, 0.2) is 0 Å². The number of β-amino-alcohol motifs (C(OH)–C–C–N with tert-alkyl or cyclic N) is 1. The Balaban J connectivity index is 1.67. The van der Waals surface area contributed by atoms with E-state index in [0.717, 1.165) is 25.7 Å². The molecule has 1 atom stereocenters. The molecule has 17 heavy (non-hydrogen) atoms. The third-order valence-electron chi connectivity index (χ3n) is 4.77. The number of nitrogens with zero attached hydrogens (tertiary/aromatic N) is 2. The molecule has 0 aromatic rings. The summed E-state index contributed by atoms with van der Waals surface area (Å²) < 4.78 is 0. The van der Waals surface area contributed by atoms with E-state index in [4.69, 9.17) is 0 Å². The molecular weight excluding hydrogens is 212 g/mol. The average molecular weight is 240 g/mol. The molecule has 0 amide bonds. The van der Waals surface area contributed by atoms with Crippen LogP contribution in [0.25, 0.3) is 0 Å². The fourth-order valence-corrected chi connectivity index (χ4v) is 3.09. The van der Waals surface area contributed by atoms with Gasteiger partial charge in [0.1, 0.15) is 0 Å². The van der Waals surface area contributed by atoms with E-state index in [0.29, 0.717) is 5.92 Å². The number of rotatable bonds is 4. The Morgan fingerprint density at radius 1 is 1.29 bits per heavy atom. The molecule has 2 aliphatic rings. The van der Waals surface area contributed by atoms with Crippen LogP contribution in [0.4, 0.5) is 0 Å². The van der Waals surface area contributed by atoms with E-state index in [-0.39, 0.29) is 0 Å². The first-order valence-corrected chi connectivity index (χ1v) is 7.16. The van der Waals surface area contributed by atoms with Gasteiger partial charge in [-0.3, -0.25) is 4.90 Å². The van der Waals surface area contributed by atoms with Crippen molar-refractivity contribution in [2.75, 3.05) is 33.2 Å². The normalized spacial score (nSPS) is 30.5. The van der Waals surface area contributed by atoms with Gasteiger partial charge < -0.3 is 10.0 Å². The quantitative estimate of drug-likeness (QED) is 0.808. The van der Waals surface area contributed by atoms with Crippen LogP contribution in [-0.2, 0) is 0 Å². The standard InChI is InChI=1S/C14H28N2O/c1-12(2)14(17)10-16(11-14)9-7-13-6-4-5-8-15(13)3/h12-13,17H,4-11H2,1-3H3. The summed E-state index contributed by atoms with van der Waals surface area (Å²) >= 11 is 0. The van der Waals surface area contributed by atoms with Crippen LogP contribution in [-0.4, -0.2) is 59.8 Å². The summed E-state index contributed by atoms with van der Waals surface area (Å²) in [6.07, 6.45) is 5.39. The molecule has 100 valence electrons. The minimum Gasteiger partial charge on any atom is -0.387 e. The van der Waals surface area contributed by atoms with Crippen molar-refractivity contribution in [2.45, 2.75) is 51.2 Å². The highest BCUT2D eigenvalue weighted by atomic mass is 16.3. The molecule has 2 fully saturated rings. The van der Waals surface area contributed by atoms with Crippen LogP contribution < -0.4 is 0 Å². The SMILES string of the molecule is CC(C)C1(O)CN(CCC2CCCCN2C)C1. The summed E-state index contributed by atoms with van der Waals surface area (Å²) in [7, 11) is 2.25. The lowest BCUT2D eigenvalue weighted by molar-refractivity contribution is -0.128. The van der Waals surface area contributed by atoms with Gasteiger partial charge in [-0.15, -0.1) is 0 Å². The van der Waals surface area contributed by atoms with Gasteiger partial charge in [-0.05, 0) is 45.3 Å². The zero-order valence-electron chi connectivity index (χ0n) is 11.7. The molecule has 2 aliphatic heterocycles. The number of hydrogen-bond acceptors (Lipinski definition) is 3. The molecular formula is C14H28N2O. The lowest BCUT2D eigenvalue weighted by Gasteiger charge is -2.49. The van der Waals surface area contributed by atoms with Crippen LogP contribution in [0.2, 0.25) is 0 Å². The van der Waals surface area contributed by atoms with Crippen LogP contribution in [0, 0.1) is 5.92 Å². The summed E-state index contributed by atoms with van der Waals surface area (Å²) in [5.41, 5.74) is -0.404. The average Bonchev–Trinajstić information content (AvgIpc) is 2.24. The van der Waals surface area contributed by atoms with Crippen molar-refractivity contribution in [2.24, 2.45) is 5.92 Å². The van der Waals surface area contributed by atoms with Gasteiger partial charge in [-0.1, -0.05) is 20.3 Å². The fourth-order valence-electron chi connectivity index (χ4n) is 3.09. The van der Waals surface area contributed by atoms with Gasteiger partial charge in [0, 0.05) is 19.1 Å². The summed E-state index contributed by atoms with van der Waals surface area (Å²) in [5.74, 6) is 0.385. The van der Waals surface area contributed by atoms with E-state index >= 15 is 0 Å². The van der Waals surface area contributed by atoms with Crippen molar-refractivity contribution >= 4 is 0 Å². The Labute approximate surface area is 106 Å². The topological polar surface area (TPSA) is 26.7 Å². The Bertz CT molecular complexity index is 249. The molecule has 0 saturated carbocycles. The van der Waals surface area contributed by atoms with Crippen molar-refractivity contribution in [3.8, 4) is 0 Å². The van der Waals surface area contributed by atoms with Crippen LogP contribution in [0.3, 0.4) is 0 Å². The van der Waals surface area contributed by atoms with Gasteiger partial charge in [-0.25, -0.2) is 0 Å². The molecule has 1 unspecified atom stereocenters. The van der Waals surface area contributed by atoms with Gasteiger partial charge >= 0.3 is 0 Å². The van der Waals surface area contributed by atoms with Gasteiger partial charge in [0.25, 0.3) is 0 Å². The highest BCUT2D eigenvalue weighted by Gasteiger charge is 2.43. The minimum atomic E-state index is -0.404. The second-order valence-electron chi connectivity index (χ2n) is 6.39. The number of piperidine rings is 1. The smallest absolute Gasteiger partial charge is 0.0922 e. The molecule has 2 heterocycles. The zero-order chi connectivity index (χ0) is 12.5.